The van der Waals surface area contributed by atoms with Gasteiger partial charge in [-0.2, -0.15) is 0 Å². The van der Waals surface area contributed by atoms with Crippen LogP contribution in [-0.2, 0) is 11.2 Å². The summed E-state index contributed by atoms with van der Waals surface area (Å²) in [5.41, 5.74) is 2.95. The third kappa shape index (κ3) is 5.32. The largest absolute Gasteiger partial charge is 0.465 e. The van der Waals surface area contributed by atoms with Crippen molar-refractivity contribution in [1.82, 2.24) is 20.2 Å². The third-order valence-electron chi connectivity index (χ3n) is 6.29. The Kier molecular flexibility index (Phi) is 7.11. The van der Waals surface area contributed by atoms with E-state index < -0.39 is 6.09 Å². The van der Waals surface area contributed by atoms with E-state index in [1.54, 1.807) is 0 Å². The summed E-state index contributed by atoms with van der Waals surface area (Å²) in [6.45, 7) is 11.5. The molecular weight excluding hydrogens is 448 g/mol. The predicted octanol–water partition coefficient (Wildman–Crippen LogP) is 3.74. The summed E-state index contributed by atoms with van der Waals surface area (Å²) in [6, 6.07) is 6.81. The molecule has 1 aromatic heterocycles. The van der Waals surface area contributed by atoms with Crippen LogP contribution in [0.5, 0.6) is 0 Å². The summed E-state index contributed by atoms with van der Waals surface area (Å²) >= 11 is 0. The first-order valence-electron chi connectivity index (χ1n) is 12.1. The number of urea groups is 1. The maximum Gasteiger partial charge on any atom is 0.407 e. The lowest BCUT2D eigenvalue weighted by atomic mass is 9.78. The molecule has 3 amide bonds. The standard InChI is InChI=1S/C25H34N6O4/c1-5-26-23(32)27-17-8-6-16(7-9-17)21-28-18-10-11-31(24(33)34)20(25(2,3)4)19(18)22(29-21)30-12-14-35-15-13-30/h6-9,20H,5,10-15H2,1-4H3,(H,33,34)(H2,26,27,32). The first-order valence-corrected chi connectivity index (χ1v) is 12.1. The van der Waals surface area contributed by atoms with Crippen LogP contribution in [0.3, 0.4) is 0 Å². The van der Waals surface area contributed by atoms with E-state index in [0.29, 0.717) is 57.3 Å². The maximum atomic E-state index is 12.2. The van der Waals surface area contributed by atoms with Crippen molar-refractivity contribution in [3.05, 3.63) is 35.5 Å². The average Bonchev–Trinajstić information content (AvgIpc) is 2.83. The maximum absolute atomic E-state index is 12.2. The zero-order valence-corrected chi connectivity index (χ0v) is 20.8. The molecule has 1 aromatic carbocycles. The average molecular weight is 483 g/mol. The molecule has 35 heavy (non-hydrogen) atoms. The molecule has 2 aliphatic rings. The molecule has 10 nitrogen and oxygen atoms in total. The molecule has 2 aromatic rings. The number of nitrogens with one attached hydrogen (secondary N) is 2. The van der Waals surface area contributed by atoms with Crippen LogP contribution in [0.1, 0.15) is 45.0 Å². The van der Waals surface area contributed by atoms with Crippen molar-refractivity contribution >= 4 is 23.6 Å². The number of hydrogen-bond acceptors (Lipinski definition) is 6. The summed E-state index contributed by atoms with van der Waals surface area (Å²) in [6.07, 6.45) is -0.402. The Labute approximate surface area is 205 Å². The van der Waals surface area contributed by atoms with E-state index in [9.17, 15) is 14.7 Å². The topological polar surface area (TPSA) is 120 Å². The van der Waals surface area contributed by atoms with Gasteiger partial charge in [-0.05, 0) is 36.6 Å². The molecular formula is C25H34N6O4. The second-order valence-corrected chi connectivity index (χ2v) is 9.89. The molecule has 10 heteroatoms. The van der Waals surface area contributed by atoms with Crippen molar-refractivity contribution in [3.8, 4) is 11.4 Å². The van der Waals surface area contributed by atoms with Crippen LogP contribution in [0.25, 0.3) is 11.4 Å². The first-order chi connectivity index (χ1) is 16.7. The fraction of sp³-hybridized carbons (Fsp3) is 0.520. The van der Waals surface area contributed by atoms with Gasteiger partial charge in [0, 0.05) is 49.4 Å². The second-order valence-electron chi connectivity index (χ2n) is 9.89. The van der Waals surface area contributed by atoms with Gasteiger partial charge in [-0.15, -0.1) is 0 Å². The first kappa shape index (κ1) is 24.7. The van der Waals surface area contributed by atoms with Crippen LogP contribution in [0.2, 0.25) is 0 Å². The van der Waals surface area contributed by atoms with Crippen LogP contribution in [0, 0.1) is 5.41 Å². The lowest BCUT2D eigenvalue weighted by Crippen LogP contribution is -2.47. The lowest BCUT2D eigenvalue weighted by molar-refractivity contribution is 0.0747. The SMILES string of the molecule is CCNC(=O)Nc1ccc(-c2nc3c(c(N4CCOCC4)n2)C(C(C)(C)C)N(C(=O)O)CC3)cc1. The molecule has 0 saturated carbocycles. The minimum absolute atomic E-state index is 0.254. The second kappa shape index (κ2) is 10.1. The van der Waals surface area contributed by atoms with Crippen LogP contribution < -0.4 is 15.5 Å². The number of carbonyl (C=O) groups excluding carboxylic acids is 1. The number of nitrogens with zero attached hydrogens (tertiary/aromatic N) is 4. The zero-order valence-electron chi connectivity index (χ0n) is 20.8. The van der Waals surface area contributed by atoms with Crippen molar-refractivity contribution in [1.29, 1.82) is 0 Å². The summed E-state index contributed by atoms with van der Waals surface area (Å²) in [5, 5.41) is 15.5. The molecule has 0 spiro atoms. The third-order valence-corrected chi connectivity index (χ3v) is 6.29. The normalized spacial score (nSPS) is 18.1. The van der Waals surface area contributed by atoms with Gasteiger partial charge in [0.15, 0.2) is 5.82 Å². The Morgan fingerprint density at radius 1 is 1.11 bits per heavy atom. The Hall–Kier alpha value is -3.40. The highest BCUT2D eigenvalue weighted by Crippen LogP contribution is 2.46. The predicted molar refractivity (Wildman–Crippen MR) is 134 cm³/mol. The highest BCUT2D eigenvalue weighted by molar-refractivity contribution is 5.89. The number of rotatable bonds is 4. The van der Waals surface area contributed by atoms with Gasteiger partial charge in [-0.25, -0.2) is 19.6 Å². The Morgan fingerprint density at radius 2 is 1.80 bits per heavy atom. The van der Waals surface area contributed by atoms with Gasteiger partial charge < -0.3 is 30.3 Å². The highest BCUT2D eigenvalue weighted by Gasteiger charge is 2.42. The van der Waals surface area contributed by atoms with E-state index in [4.69, 9.17) is 14.7 Å². The van der Waals surface area contributed by atoms with Crippen LogP contribution in [0.15, 0.2) is 24.3 Å². The summed E-state index contributed by atoms with van der Waals surface area (Å²) in [4.78, 5) is 37.6. The number of anilines is 2. The van der Waals surface area contributed by atoms with Crippen molar-refractivity contribution in [2.45, 2.75) is 40.2 Å². The van der Waals surface area contributed by atoms with E-state index in [-0.39, 0.29) is 17.5 Å². The molecule has 2 aliphatic heterocycles. The van der Waals surface area contributed by atoms with Crippen molar-refractivity contribution < 1.29 is 19.4 Å². The molecule has 1 unspecified atom stereocenters. The summed E-state index contributed by atoms with van der Waals surface area (Å²) < 4.78 is 5.57. The molecule has 1 atom stereocenters. The van der Waals surface area contributed by atoms with E-state index in [1.165, 1.54) is 4.90 Å². The van der Waals surface area contributed by atoms with Gasteiger partial charge in [-0.3, -0.25) is 0 Å². The quantitative estimate of drug-likeness (QED) is 0.607. The van der Waals surface area contributed by atoms with Gasteiger partial charge >= 0.3 is 12.1 Å². The van der Waals surface area contributed by atoms with Gasteiger partial charge in [-0.1, -0.05) is 20.8 Å². The zero-order chi connectivity index (χ0) is 25.2. The van der Waals surface area contributed by atoms with Crippen LogP contribution >= 0.6 is 0 Å². The number of fused-ring (bicyclic) bond motifs is 1. The molecule has 3 N–H and O–H groups in total. The monoisotopic (exact) mass is 482 g/mol. The van der Waals surface area contributed by atoms with Crippen LogP contribution in [-0.4, -0.2) is 71.5 Å². The van der Waals surface area contributed by atoms with E-state index >= 15 is 0 Å². The molecule has 0 aliphatic carbocycles. The minimum atomic E-state index is -0.928. The number of aromatic nitrogens is 2. The number of hydrogen-bond donors (Lipinski definition) is 3. The van der Waals surface area contributed by atoms with Gasteiger partial charge in [0.2, 0.25) is 0 Å². The molecule has 3 heterocycles. The summed E-state index contributed by atoms with van der Waals surface area (Å²) in [7, 11) is 0. The number of carbonyl (C=O) groups is 2. The molecule has 1 saturated heterocycles. The molecule has 0 bridgehead atoms. The fourth-order valence-electron chi connectivity index (χ4n) is 4.78. The number of carboxylic acid groups (broad SMARTS) is 1. The van der Waals surface area contributed by atoms with Crippen molar-refractivity contribution in [2.24, 2.45) is 5.41 Å². The Morgan fingerprint density at radius 3 is 2.40 bits per heavy atom. The minimum Gasteiger partial charge on any atom is -0.465 e. The molecule has 188 valence electrons. The fourth-order valence-corrected chi connectivity index (χ4v) is 4.78. The van der Waals surface area contributed by atoms with Gasteiger partial charge in [0.05, 0.1) is 24.9 Å². The van der Waals surface area contributed by atoms with E-state index in [0.717, 1.165) is 22.6 Å². The van der Waals surface area contributed by atoms with Crippen LogP contribution in [0.4, 0.5) is 21.1 Å². The molecule has 0 radical (unpaired) electrons. The Balaban J connectivity index is 1.78. The number of amides is 3. The van der Waals surface area contributed by atoms with Gasteiger partial charge in [0.1, 0.15) is 5.82 Å². The van der Waals surface area contributed by atoms with Crippen molar-refractivity contribution in [2.75, 3.05) is 49.6 Å². The number of ether oxygens (including phenoxy) is 1. The summed E-state index contributed by atoms with van der Waals surface area (Å²) in [5.74, 6) is 1.37. The van der Waals surface area contributed by atoms with Crippen molar-refractivity contribution in [3.63, 3.8) is 0 Å². The number of benzene rings is 1. The van der Waals surface area contributed by atoms with E-state index in [2.05, 4.69) is 36.3 Å². The van der Waals surface area contributed by atoms with E-state index in [1.807, 2.05) is 31.2 Å². The number of morpholine rings is 1. The van der Waals surface area contributed by atoms with Gasteiger partial charge in [0.25, 0.3) is 0 Å². The smallest absolute Gasteiger partial charge is 0.407 e. The molecule has 4 rings (SSSR count). The lowest BCUT2D eigenvalue weighted by Gasteiger charge is -2.44. The molecule has 1 fully saturated rings. The highest BCUT2D eigenvalue weighted by atomic mass is 16.5. The Bertz CT molecular complexity index is 1080.